The van der Waals surface area contributed by atoms with E-state index in [2.05, 4.69) is 9.73 Å². The predicted octanol–water partition coefficient (Wildman–Crippen LogP) is 2.24. The van der Waals surface area contributed by atoms with Crippen molar-refractivity contribution in [3.63, 3.8) is 0 Å². The molecule has 2 heterocycles. The number of hydrogen-bond acceptors (Lipinski definition) is 3. The third-order valence-corrected chi connectivity index (χ3v) is 2.26. The molecule has 19 heavy (non-hydrogen) atoms. The highest BCUT2D eigenvalue weighted by Gasteiger charge is 2.31. The fraction of sp³-hybridized carbons (Fsp3) is 0.0909. The topological polar surface area (TPSA) is 75.1 Å². The molecule has 0 aliphatic rings. The first-order chi connectivity index (χ1) is 8.88. The molecule has 0 spiro atoms. The Labute approximate surface area is 104 Å². The molecule has 0 atom stereocenters. The Bertz CT molecular complexity index is 644. The summed E-state index contributed by atoms with van der Waals surface area (Å²) in [6.45, 7) is 0. The summed E-state index contributed by atoms with van der Waals surface area (Å²) in [6.07, 6.45) is -1.74. The Balaban J connectivity index is 2.30. The number of aromatic amines is 1. The number of nitrogens with one attached hydrogen (secondary N) is 2. The molecule has 5 nitrogen and oxygen atoms in total. The standard InChI is InChI=1S/C11H7F3N2O3/c12-11(13,14)7-3-8(10(18)15-4-7)16-9(17)6-1-2-19-5-6/h1-5H,(H,15,18)(H,16,17). The van der Waals surface area contributed by atoms with Gasteiger partial charge in [-0.05, 0) is 12.1 Å². The summed E-state index contributed by atoms with van der Waals surface area (Å²) >= 11 is 0. The van der Waals surface area contributed by atoms with Crippen molar-refractivity contribution < 1.29 is 22.4 Å². The van der Waals surface area contributed by atoms with Crippen LogP contribution < -0.4 is 10.9 Å². The van der Waals surface area contributed by atoms with Crippen LogP contribution in [0.2, 0.25) is 0 Å². The molecule has 2 aromatic heterocycles. The van der Waals surface area contributed by atoms with E-state index in [-0.39, 0.29) is 5.56 Å². The van der Waals surface area contributed by atoms with Gasteiger partial charge >= 0.3 is 6.18 Å². The molecule has 2 aromatic rings. The number of furan rings is 1. The Hall–Kier alpha value is -2.51. The van der Waals surface area contributed by atoms with Gasteiger partial charge in [0.15, 0.2) is 0 Å². The van der Waals surface area contributed by atoms with E-state index in [0.717, 1.165) is 6.26 Å². The minimum absolute atomic E-state index is 0.0943. The lowest BCUT2D eigenvalue weighted by molar-refractivity contribution is -0.137. The van der Waals surface area contributed by atoms with E-state index in [1.165, 1.54) is 12.3 Å². The van der Waals surface area contributed by atoms with Crippen molar-refractivity contribution in [3.05, 3.63) is 52.3 Å². The van der Waals surface area contributed by atoms with Gasteiger partial charge in [-0.1, -0.05) is 0 Å². The second kappa shape index (κ2) is 4.63. The van der Waals surface area contributed by atoms with Crippen LogP contribution in [0, 0.1) is 0 Å². The van der Waals surface area contributed by atoms with Gasteiger partial charge in [0, 0.05) is 6.20 Å². The van der Waals surface area contributed by atoms with Crippen molar-refractivity contribution in [2.75, 3.05) is 5.32 Å². The Morgan fingerprint density at radius 1 is 1.37 bits per heavy atom. The average molecular weight is 272 g/mol. The summed E-state index contributed by atoms with van der Waals surface area (Å²) in [6, 6.07) is 1.88. The molecule has 2 rings (SSSR count). The molecule has 0 unspecified atom stereocenters. The Morgan fingerprint density at radius 3 is 2.68 bits per heavy atom. The van der Waals surface area contributed by atoms with Crippen molar-refractivity contribution in [2.24, 2.45) is 0 Å². The molecule has 8 heteroatoms. The van der Waals surface area contributed by atoms with Gasteiger partial charge in [-0.15, -0.1) is 0 Å². The highest BCUT2D eigenvalue weighted by molar-refractivity contribution is 6.03. The van der Waals surface area contributed by atoms with E-state index in [9.17, 15) is 22.8 Å². The molecule has 2 N–H and O–H groups in total. The molecule has 100 valence electrons. The number of hydrogen-bond donors (Lipinski definition) is 2. The number of rotatable bonds is 2. The number of aromatic nitrogens is 1. The summed E-state index contributed by atoms with van der Waals surface area (Å²) in [5, 5.41) is 2.08. The van der Waals surface area contributed by atoms with Gasteiger partial charge in [0.2, 0.25) is 0 Å². The van der Waals surface area contributed by atoms with Gasteiger partial charge in [-0.3, -0.25) is 9.59 Å². The highest BCUT2D eigenvalue weighted by atomic mass is 19.4. The number of amides is 1. The quantitative estimate of drug-likeness (QED) is 0.880. The van der Waals surface area contributed by atoms with Crippen molar-refractivity contribution >= 4 is 11.6 Å². The molecule has 0 bridgehead atoms. The van der Waals surface area contributed by atoms with Crippen LogP contribution in [0.15, 0.2) is 40.1 Å². The molecule has 0 aromatic carbocycles. The zero-order valence-corrected chi connectivity index (χ0v) is 9.25. The lowest BCUT2D eigenvalue weighted by Crippen LogP contribution is -2.21. The van der Waals surface area contributed by atoms with E-state index in [4.69, 9.17) is 0 Å². The van der Waals surface area contributed by atoms with Gasteiger partial charge < -0.3 is 14.7 Å². The van der Waals surface area contributed by atoms with Crippen molar-refractivity contribution in [1.29, 1.82) is 0 Å². The monoisotopic (exact) mass is 272 g/mol. The molecule has 0 radical (unpaired) electrons. The maximum absolute atomic E-state index is 12.5. The summed E-state index contributed by atoms with van der Waals surface area (Å²) < 4.78 is 42.0. The first-order valence-corrected chi connectivity index (χ1v) is 5.01. The third kappa shape index (κ3) is 2.84. The second-order valence-corrected chi connectivity index (χ2v) is 3.60. The fourth-order valence-corrected chi connectivity index (χ4v) is 1.33. The summed E-state index contributed by atoms with van der Waals surface area (Å²) in [7, 11) is 0. The van der Waals surface area contributed by atoms with Crippen LogP contribution in [0.1, 0.15) is 15.9 Å². The molecule has 0 aliphatic heterocycles. The fourth-order valence-electron chi connectivity index (χ4n) is 1.33. The second-order valence-electron chi connectivity index (χ2n) is 3.60. The van der Waals surface area contributed by atoms with Gasteiger partial charge in [-0.2, -0.15) is 13.2 Å². The number of carbonyl (C=O) groups is 1. The van der Waals surface area contributed by atoms with E-state index in [0.29, 0.717) is 12.3 Å². The van der Waals surface area contributed by atoms with Crippen LogP contribution in [0.3, 0.4) is 0 Å². The summed E-state index contributed by atoms with van der Waals surface area (Å²) in [5.41, 5.74) is -2.28. The van der Waals surface area contributed by atoms with Crippen LogP contribution in [-0.2, 0) is 6.18 Å². The SMILES string of the molecule is O=C(Nc1cc(C(F)(F)F)c[nH]c1=O)c1ccoc1. The zero-order chi connectivity index (χ0) is 14.0. The number of alkyl halides is 3. The molecule has 0 aliphatic carbocycles. The molecule has 0 saturated heterocycles. The van der Waals surface area contributed by atoms with E-state index >= 15 is 0 Å². The van der Waals surface area contributed by atoms with Crippen LogP contribution in [-0.4, -0.2) is 10.9 Å². The van der Waals surface area contributed by atoms with Gasteiger partial charge in [0.25, 0.3) is 11.5 Å². The van der Waals surface area contributed by atoms with Crippen LogP contribution in [0.4, 0.5) is 18.9 Å². The minimum atomic E-state index is -4.61. The Morgan fingerprint density at radius 2 is 2.11 bits per heavy atom. The van der Waals surface area contributed by atoms with Crippen molar-refractivity contribution in [2.45, 2.75) is 6.18 Å². The molecule has 1 amide bonds. The number of halogens is 3. The number of H-pyrrole nitrogens is 1. The predicted molar refractivity (Wildman–Crippen MR) is 58.7 cm³/mol. The third-order valence-electron chi connectivity index (χ3n) is 2.26. The molecule has 0 saturated carbocycles. The molecular formula is C11H7F3N2O3. The summed E-state index contributed by atoms with van der Waals surface area (Å²) in [4.78, 5) is 24.8. The maximum atomic E-state index is 12.5. The van der Waals surface area contributed by atoms with E-state index in [1.807, 2.05) is 4.98 Å². The van der Waals surface area contributed by atoms with Crippen molar-refractivity contribution in [3.8, 4) is 0 Å². The normalized spacial score (nSPS) is 11.3. The summed E-state index contributed by atoms with van der Waals surface area (Å²) in [5.74, 6) is -0.737. The first-order valence-electron chi connectivity index (χ1n) is 5.01. The Kier molecular flexibility index (Phi) is 3.16. The van der Waals surface area contributed by atoms with Crippen LogP contribution in [0.25, 0.3) is 0 Å². The highest BCUT2D eigenvalue weighted by Crippen LogP contribution is 2.29. The minimum Gasteiger partial charge on any atom is -0.472 e. The number of anilines is 1. The van der Waals surface area contributed by atoms with Crippen LogP contribution in [0.5, 0.6) is 0 Å². The van der Waals surface area contributed by atoms with Gasteiger partial charge in [-0.25, -0.2) is 0 Å². The molecular weight excluding hydrogens is 265 g/mol. The lowest BCUT2D eigenvalue weighted by atomic mass is 10.2. The van der Waals surface area contributed by atoms with E-state index in [1.54, 1.807) is 0 Å². The van der Waals surface area contributed by atoms with Gasteiger partial charge in [0.05, 0.1) is 17.4 Å². The maximum Gasteiger partial charge on any atom is 0.417 e. The smallest absolute Gasteiger partial charge is 0.417 e. The van der Waals surface area contributed by atoms with Crippen molar-refractivity contribution in [1.82, 2.24) is 4.98 Å². The average Bonchev–Trinajstić information content (AvgIpc) is 2.84. The van der Waals surface area contributed by atoms with E-state index < -0.39 is 28.9 Å². The first kappa shape index (κ1) is 12.9. The largest absolute Gasteiger partial charge is 0.472 e. The van der Waals surface area contributed by atoms with Crippen LogP contribution >= 0.6 is 0 Å². The number of pyridine rings is 1. The number of carbonyl (C=O) groups excluding carboxylic acids is 1. The van der Waals surface area contributed by atoms with Gasteiger partial charge in [0.1, 0.15) is 12.0 Å². The molecule has 0 fully saturated rings. The lowest BCUT2D eigenvalue weighted by Gasteiger charge is -2.08. The zero-order valence-electron chi connectivity index (χ0n) is 9.25.